The van der Waals surface area contributed by atoms with E-state index in [0.29, 0.717) is 19.4 Å². The third-order valence-corrected chi connectivity index (χ3v) is 3.26. The molecule has 106 valence electrons. The van der Waals surface area contributed by atoms with E-state index in [0.717, 1.165) is 17.9 Å². The summed E-state index contributed by atoms with van der Waals surface area (Å²) in [5, 5.41) is 3.09. The second-order valence-corrected chi connectivity index (χ2v) is 5.18. The summed E-state index contributed by atoms with van der Waals surface area (Å²) >= 11 is 0. The lowest BCUT2D eigenvalue weighted by atomic mass is 9.81. The van der Waals surface area contributed by atoms with Crippen LogP contribution in [0.4, 0.5) is 13.2 Å². The van der Waals surface area contributed by atoms with E-state index in [4.69, 9.17) is 0 Å². The van der Waals surface area contributed by atoms with Crippen molar-refractivity contribution in [3.63, 3.8) is 0 Å². The Labute approximate surface area is 106 Å². The Hall–Kier alpha value is -0.780. The SMILES string of the molecule is CCCN(CC(F)(F)F)C(=O)C1(C)CCCNC1. The number of halogens is 3. The van der Waals surface area contributed by atoms with E-state index in [1.807, 2.05) is 0 Å². The summed E-state index contributed by atoms with van der Waals surface area (Å²) in [7, 11) is 0. The molecule has 0 bridgehead atoms. The van der Waals surface area contributed by atoms with Gasteiger partial charge in [-0.05, 0) is 32.7 Å². The first kappa shape index (κ1) is 15.3. The normalized spacial score (nSPS) is 24.9. The summed E-state index contributed by atoms with van der Waals surface area (Å²) in [4.78, 5) is 13.2. The molecule has 0 aromatic rings. The quantitative estimate of drug-likeness (QED) is 0.846. The van der Waals surface area contributed by atoms with Gasteiger partial charge in [0.1, 0.15) is 6.54 Å². The molecule has 1 fully saturated rings. The van der Waals surface area contributed by atoms with E-state index in [1.165, 1.54) is 0 Å². The highest BCUT2D eigenvalue weighted by Crippen LogP contribution is 2.29. The van der Waals surface area contributed by atoms with Crippen LogP contribution in [0.3, 0.4) is 0 Å². The van der Waals surface area contributed by atoms with Crippen LogP contribution in [0.25, 0.3) is 0 Å². The number of nitrogens with one attached hydrogen (secondary N) is 1. The van der Waals surface area contributed by atoms with E-state index in [-0.39, 0.29) is 12.5 Å². The first-order valence-electron chi connectivity index (χ1n) is 6.35. The van der Waals surface area contributed by atoms with Crippen molar-refractivity contribution in [2.45, 2.75) is 39.3 Å². The molecule has 1 saturated heterocycles. The zero-order valence-electron chi connectivity index (χ0n) is 10.9. The van der Waals surface area contributed by atoms with Crippen molar-refractivity contribution < 1.29 is 18.0 Å². The van der Waals surface area contributed by atoms with Crippen LogP contribution in [0.15, 0.2) is 0 Å². The molecule has 1 aliphatic rings. The minimum Gasteiger partial charge on any atom is -0.333 e. The Morgan fingerprint density at radius 2 is 2.11 bits per heavy atom. The molecule has 3 nitrogen and oxygen atoms in total. The van der Waals surface area contributed by atoms with Gasteiger partial charge < -0.3 is 10.2 Å². The van der Waals surface area contributed by atoms with Gasteiger partial charge in [-0.15, -0.1) is 0 Å². The molecular formula is C12H21F3N2O. The average molecular weight is 266 g/mol. The predicted octanol–water partition coefficient (Wildman–Crippen LogP) is 2.18. The van der Waals surface area contributed by atoms with Crippen LogP contribution in [-0.4, -0.2) is 43.2 Å². The molecule has 0 aromatic heterocycles. The van der Waals surface area contributed by atoms with Crippen LogP contribution < -0.4 is 5.32 Å². The molecule has 1 amide bonds. The fraction of sp³-hybridized carbons (Fsp3) is 0.917. The van der Waals surface area contributed by atoms with Crippen molar-refractivity contribution in [3.05, 3.63) is 0 Å². The zero-order chi connectivity index (χ0) is 13.8. The van der Waals surface area contributed by atoms with Gasteiger partial charge in [0.2, 0.25) is 5.91 Å². The Morgan fingerprint density at radius 3 is 2.56 bits per heavy atom. The number of alkyl halides is 3. The van der Waals surface area contributed by atoms with Crippen molar-refractivity contribution >= 4 is 5.91 Å². The molecule has 18 heavy (non-hydrogen) atoms. The molecule has 0 aromatic carbocycles. The highest BCUT2D eigenvalue weighted by atomic mass is 19.4. The zero-order valence-corrected chi connectivity index (χ0v) is 10.9. The van der Waals surface area contributed by atoms with E-state index >= 15 is 0 Å². The molecule has 1 rings (SSSR count). The Balaban J connectivity index is 2.74. The molecule has 1 N–H and O–H groups in total. The Kier molecular flexibility index (Phi) is 5.01. The number of hydrogen-bond acceptors (Lipinski definition) is 2. The number of piperidine rings is 1. The maximum Gasteiger partial charge on any atom is 0.406 e. The van der Waals surface area contributed by atoms with Crippen LogP contribution >= 0.6 is 0 Å². The van der Waals surface area contributed by atoms with Crippen molar-refractivity contribution in [1.82, 2.24) is 10.2 Å². The van der Waals surface area contributed by atoms with Crippen LogP contribution in [0, 0.1) is 5.41 Å². The van der Waals surface area contributed by atoms with E-state index in [1.54, 1.807) is 13.8 Å². The number of hydrogen-bond donors (Lipinski definition) is 1. The molecule has 1 aliphatic heterocycles. The molecule has 0 aliphatic carbocycles. The first-order valence-corrected chi connectivity index (χ1v) is 6.35. The molecule has 6 heteroatoms. The van der Waals surface area contributed by atoms with E-state index in [9.17, 15) is 18.0 Å². The molecule has 1 unspecified atom stereocenters. The van der Waals surface area contributed by atoms with Gasteiger partial charge in [-0.3, -0.25) is 4.79 Å². The predicted molar refractivity (Wildman–Crippen MR) is 63.1 cm³/mol. The second kappa shape index (κ2) is 5.91. The average Bonchev–Trinajstić information content (AvgIpc) is 2.27. The molecular weight excluding hydrogens is 245 g/mol. The fourth-order valence-electron chi connectivity index (χ4n) is 2.36. The first-order chi connectivity index (χ1) is 8.28. The van der Waals surface area contributed by atoms with Gasteiger partial charge in [0.25, 0.3) is 0 Å². The lowest BCUT2D eigenvalue weighted by Crippen LogP contribution is -2.52. The maximum atomic E-state index is 12.5. The summed E-state index contributed by atoms with van der Waals surface area (Å²) in [5.74, 6) is -0.381. The monoisotopic (exact) mass is 266 g/mol. The van der Waals surface area contributed by atoms with Gasteiger partial charge in [0.15, 0.2) is 0 Å². The van der Waals surface area contributed by atoms with E-state index < -0.39 is 18.1 Å². The largest absolute Gasteiger partial charge is 0.406 e. The topological polar surface area (TPSA) is 32.3 Å². The van der Waals surface area contributed by atoms with Gasteiger partial charge in [-0.25, -0.2) is 0 Å². The smallest absolute Gasteiger partial charge is 0.333 e. The Morgan fingerprint density at radius 1 is 1.44 bits per heavy atom. The van der Waals surface area contributed by atoms with Gasteiger partial charge in [-0.1, -0.05) is 6.92 Å². The lowest BCUT2D eigenvalue weighted by molar-refractivity contribution is -0.168. The second-order valence-electron chi connectivity index (χ2n) is 5.18. The van der Waals surface area contributed by atoms with Gasteiger partial charge >= 0.3 is 6.18 Å². The standard InChI is InChI=1S/C12H21F3N2O/c1-3-7-17(9-12(13,14)15)10(18)11(2)5-4-6-16-8-11/h16H,3-9H2,1-2H3. The number of carbonyl (C=O) groups is 1. The molecule has 0 spiro atoms. The van der Waals surface area contributed by atoms with Crippen molar-refractivity contribution in [1.29, 1.82) is 0 Å². The van der Waals surface area contributed by atoms with Crippen molar-refractivity contribution in [2.24, 2.45) is 5.41 Å². The van der Waals surface area contributed by atoms with Gasteiger partial charge in [0, 0.05) is 13.1 Å². The van der Waals surface area contributed by atoms with Gasteiger partial charge in [0.05, 0.1) is 5.41 Å². The Bertz CT molecular complexity index is 286. The maximum absolute atomic E-state index is 12.5. The summed E-state index contributed by atoms with van der Waals surface area (Å²) in [5.41, 5.74) is -0.696. The third-order valence-electron chi connectivity index (χ3n) is 3.26. The van der Waals surface area contributed by atoms with Gasteiger partial charge in [-0.2, -0.15) is 13.2 Å². The molecule has 1 atom stereocenters. The summed E-state index contributed by atoms with van der Waals surface area (Å²) in [6.45, 7) is 3.83. The van der Waals surface area contributed by atoms with Crippen LogP contribution in [-0.2, 0) is 4.79 Å². The third kappa shape index (κ3) is 4.15. The highest BCUT2D eigenvalue weighted by Gasteiger charge is 2.41. The number of rotatable bonds is 4. The molecule has 0 saturated carbocycles. The molecule has 0 radical (unpaired) electrons. The fourth-order valence-corrected chi connectivity index (χ4v) is 2.36. The summed E-state index contributed by atoms with van der Waals surface area (Å²) in [6, 6.07) is 0. The molecule has 1 heterocycles. The summed E-state index contributed by atoms with van der Waals surface area (Å²) < 4.78 is 37.4. The van der Waals surface area contributed by atoms with Crippen LogP contribution in [0.2, 0.25) is 0 Å². The number of carbonyl (C=O) groups excluding carboxylic acids is 1. The summed E-state index contributed by atoms with van der Waals surface area (Å²) in [6.07, 6.45) is -2.32. The van der Waals surface area contributed by atoms with Crippen LogP contribution in [0.1, 0.15) is 33.1 Å². The van der Waals surface area contributed by atoms with Crippen LogP contribution in [0.5, 0.6) is 0 Å². The minimum atomic E-state index is -4.33. The van der Waals surface area contributed by atoms with Crippen molar-refractivity contribution in [3.8, 4) is 0 Å². The number of nitrogens with zero attached hydrogens (tertiary/aromatic N) is 1. The van der Waals surface area contributed by atoms with Crippen molar-refractivity contribution in [2.75, 3.05) is 26.2 Å². The highest BCUT2D eigenvalue weighted by molar-refractivity contribution is 5.82. The number of amides is 1. The lowest BCUT2D eigenvalue weighted by Gasteiger charge is -2.37. The minimum absolute atomic E-state index is 0.161. The van der Waals surface area contributed by atoms with E-state index in [2.05, 4.69) is 5.32 Å².